The van der Waals surface area contributed by atoms with Crippen LogP contribution in [0.3, 0.4) is 0 Å². The fraction of sp³-hybridized carbons (Fsp3) is 0.533. The molecule has 1 saturated carbocycles. The number of aromatic nitrogens is 2. The lowest BCUT2D eigenvalue weighted by molar-refractivity contribution is 0.339. The topological polar surface area (TPSA) is 55.9 Å². The monoisotopic (exact) mass is 258 g/mol. The van der Waals surface area contributed by atoms with Crippen molar-refractivity contribution in [2.75, 3.05) is 11.9 Å². The Balaban J connectivity index is 1.62. The molecule has 0 spiro atoms. The van der Waals surface area contributed by atoms with Crippen molar-refractivity contribution in [3.05, 3.63) is 24.5 Å². The average Bonchev–Trinajstić information content (AvgIpc) is 2.79. The van der Waals surface area contributed by atoms with Gasteiger partial charge in [-0.1, -0.05) is 0 Å². The van der Waals surface area contributed by atoms with Gasteiger partial charge in [-0.25, -0.2) is 4.98 Å². The van der Waals surface area contributed by atoms with Crippen molar-refractivity contribution >= 4 is 16.7 Å². The highest BCUT2D eigenvalue weighted by molar-refractivity contribution is 5.79. The van der Waals surface area contributed by atoms with Crippen LogP contribution in [0.25, 0.3) is 11.0 Å². The SMILES string of the molecule is Cn1cnc2cc(NCC3CCC(N)CC3)ccc21. The minimum atomic E-state index is 0.432. The standard InChI is InChI=1S/C15H22N4/c1-19-10-18-14-8-13(6-7-15(14)19)17-9-11-2-4-12(16)5-3-11/h6-8,10-12,17H,2-5,9,16H2,1H3. The van der Waals surface area contributed by atoms with Crippen LogP contribution in [0.15, 0.2) is 24.5 Å². The third kappa shape index (κ3) is 2.73. The Morgan fingerprint density at radius 2 is 2.11 bits per heavy atom. The normalized spacial score (nSPS) is 23.7. The first-order chi connectivity index (χ1) is 9.22. The Morgan fingerprint density at radius 1 is 1.32 bits per heavy atom. The number of imidazole rings is 1. The van der Waals surface area contributed by atoms with Crippen LogP contribution < -0.4 is 11.1 Å². The van der Waals surface area contributed by atoms with Crippen LogP contribution in [-0.2, 0) is 7.05 Å². The fourth-order valence-electron chi connectivity index (χ4n) is 2.90. The number of fused-ring (bicyclic) bond motifs is 1. The summed E-state index contributed by atoms with van der Waals surface area (Å²) in [6, 6.07) is 6.82. The molecule has 1 aliphatic rings. The summed E-state index contributed by atoms with van der Waals surface area (Å²) in [6.45, 7) is 1.05. The quantitative estimate of drug-likeness (QED) is 0.889. The molecule has 0 radical (unpaired) electrons. The summed E-state index contributed by atoms with van der Waals surface area (Å²) in [7, 11) is 2.02. The van der Waals surface area contributed by atoms with E-state index in [2.05, 4.69) is 28.5 Å². The van der Waals surface area contributed by atoms with Crippen LogP contribution >= 0.6 is 0 Å². The summed E-state index contributed by atoms with van der Waals surface area (Å²) in [5.41, 5.74) is 9.33. The maximum absolute atomic E-state index is 5.94. The van der Waals surface area contributed by atoms with E-state index in [0.717, 1.165) is 18.0 Å². The fourth-order valence-corrected chi connectivity index (χ4v) is 2.90. The molecule has 0 saturated heterocycles. The number of hydrogen-bond acceptors (Lipinski definition) is 3. The highest BCUT2D eigenvalue weighted by Crippen LogP contribution is 2.24. The van der Waals surface area contributed by atoms with Crippen molar-refractivity contribution in [3.8, 4) is 0 Å². The predicted octanol–water partition coefficient (Wildman–Crippen LogP) is 2.50. The minimum absolute atomic E-state index is 0.432. The van der Waals surface area contributed by atoms with Crippen molar-refractivity contribution < 1.29 is 0 Å². The Bertz CT molecular complexity index is 552. The van der Waals surface area contributed by atoms with Gasteiger partial charge in [0.05, 0.1) is 17.4 Å². The Kier molecular flexibility index (Phi) is 3.42. The third-order valence-electron chi connectivity index (χ3n) is 4.21. The van der Waals surface area contributed by atoms with Crippen molar-refractivity contribution in [3.63, 3.8) is 0 Å². The first kappa shape index (κ1) is 12.5. The second-order valence-electron chi connectivity index (χ2n) is 5.72. The van der Waals surface area contributed by atoms with Crippen molar-refractivity contribution in [2.45, 2.75) is 31.7 Å². The molecule has 0 unspecified atom stereocenters. The summed E-state index contributed by atoms with van der Waals surface area (Å²) in [5, 5.41) is 3.54. The number of anilines is 1. The molecule has 1 heterocycles. The van der Waals surface area contributed by atoms with Gasteiger partial charge in [0, 0.05) is 25.3 Å². The molecular formula is C15H22N4. The predicted molar refractivity (Wildman–Crippen MR) is 79.1 cm³/mol. The van der Waals surface area contributed by atoms with Gasteiger partial charge in [-0.2, -0.15) is 0 Å². The maximum atomic E-state index is 5.94. The van der Waals surface area contributed by atoms with E-state index in [1.807, 2.05) is 17.9 Å². The third-order valence-corrected chi connectivity index (χ3v) is 4.21. The van der Waals surface area contributed by atoms with Gasteiger partial charge in [-0.3, -0.25) is 0 Å². The largest absolute Gasteiger partial charge is 0.385 e. The van der Waals surface area contributed by atoms with Crippen LogP contribution in [0.2, 0.25) is 0 Å². The molecule has 3 rings (SSSR count). The molecule has 1 aromatic carbocycles. The Hall–Kier alpha value is -1.55. The lowest BCUT2D eigenvalue weighted by Gasteiger charge is -2.26. The molecular weight excluding hydrogens is 236 g/mol. The van der Waals surface area contributed by atoms with E-state index in [0.29, 0.717) is 6.04 Å². The molecule has 1 fully saturated rings. The number of nitrogens with two attached hydrogens (primary N) is 1. The zero-order chi connectivity index (χ0) is 13.2. The van der Waals surface area contributed by atoms with Gasteiger partial charge in [0.25, 0.3) is 0 Å². The number of nitrogens with one attached hydrogen (secondary N) is 1. The van der Waals surface area contributed by atoms with E-state index in [-0.39, 0.29) is 0 Å². The van der Waals surface area contributed by atoms with Crippen LogP contribution in [0.5, 0.6) is 0 Å². The molecule has 0 bridgehead atoms. The Morgan fingerprint density at radius 3 is 2.89 bits per heavy atom. The van der Waals surface area contributed by atoms with Gasteiger partial charge in [0.15, 0.2) is 0 Å². The lowest BCUT2D eigenvalue weighted by Crippen LogP contribution is -2.29. The summed E-state index contributed by atoms with van der Waals surface area (Å²) < 4.78 is 2.04. The van der Waals surface area contributed by atoms with Gasteiger partial charge >= 0.3 is 0 Å². The first-order valence-corrected chi connectivity index (χ1v) is 7.13. The van der Waals surface area contributed by atoms with Gasteiger partial charge in [0.2, 0.25) is 0 Å². The van der Waals surface area contributed by atoms with Gasteiger partial charge in [-0.15, -0.1) is 0 Å². The van der Waals surface area contributed by atoms with Gasteiger partial charge in [0.1, 0.15) is 0 Å². The molecule has 102 valence electrons. The number of hydrogen-bond donors (Lipinski definition) is 2. The van der Waals surface area contributed by atoms with Crippen molar-refractivity contribution in [2.24, 2.45) is 18.7 Å². The molecule has 3 N–H and O–H groups in total. The first-order valence-electron chi connectivity index (χ1n) is 7.13. The highest BCUT2D eigenvalue weighted by atomic mass is 15.0. The molecule has 4 nitrogen and oxygen atoms in total. The summed E-state index contributed by atoms with van der Waals surface area (Å²) in [4.78, 5) is 4.39. The number of nitrogens with zero attached hydrogens (tertiary/aromatic N) is 2. The average molecular weight is 258 g/mol. The second kappa shape index (κ2) is 5.21. The minimum Gasteiger partial charge on any atom is -0.385 e. The number of benzene rings is 1. The summed E-state index contributed by atoms with van der Waals surface area (Å²) in [6.07, 6.45) is 6.70. The zero-order valence-corrected chi connectivity index (χ0v) is 11.5. The molecule has 2 aromatic rings. The van der Waals surface area contributed by atoms with E-state index in [1.165, 1.54) is 36.9 Å². The Labute approximate surface area is 114 Å². The number of rotatable bonds is 3. The van der Waals surface area contributed by atoms with E-state index >= 15 is 0 Å². The van der Waals surface area contributed by atoms with Gasteiger partial charge in [-0.05, 0) is 49.8 Å². The second-order valence-corrected chi connectivity index (χ2v) is 5.72. The van der Waals surface area contributed by atoms with Crippen LogP contribution in [0.4, 0.5) is 5.69 Å². The van der Waals surface area contributed by atoms with Crippen LogP contribution in [-0.4, -0.2) is 22.1 Å². The molecule has 1 aliphatic carbocycles. The number of aryl methyl sites for hydroxylation is 1. The molecule has 0 atom stereocenters. The summed E-state index contributed by atoms with van der Waals surface area (Å²) >= 11 is 0. The molecule has 4 heteroatoms. The van der Waals surface area contributed by atoms with Crippen LogP contribution in [0.1, 0.15) is 25.7 Å². The molecule has 0 amide bonds. The van der Waals surface area contributed by atoms with Crippen molar-refractivity contribution in [1.29, 1.82) is 0 Å². The van der Waals surface area contributed by atoms with E-state index in [1.54, 1.807) is 0 Å². The highest BCUT2D eigenvalue weighted by Gasteiger charge is 2.18. The summed E-state index contributed by atoms with van der Waals surface area (Å²) in [5.74, 6) is 0.763. The maximum Gasteiger partial charge on any atom is 0.0955 e. The zero-order valence-electron chi connectivity index (χ0n) is 11.5. The van der Waals surface area contributed by atoms with E-state index in [4.69, 9.17) is 5.73 Å². The smallest absolute Gasteiger partial charge is 0.0955 e. The lowest BCUT2D eigenvalue weighted by atomic mass is 9.86. The molecule has 0 aliphatic heterocycles. The van der Waals surface area contributed by atoms with Gasteiger partial charge < -0.3 is 15.6 Å². The molecule has 19 heavy (non-hydrogen) atoms. The van der Waals surface area contributed by atoms with Crippen LogP contribution in [0, 0.1) is 5.92 Å². The van der Waals surface area contributed by atoms with E-state index in [9.17, 15) is 0 Å². The molecule has 1 aromatic heterocycles. The van der Waals surface area contributed by atoms with Crippen molar-refractivity contribution in [1.82, 2.24) is 9.55 Å². The van der Waals surface area contributed by atoms with E-state index < -0.39 is 0 Å².